The van der Waals surface area contributed by atoms with Gasteiger partial charge in [0.1, 0.15) is 5.82 Å². The Labute approximate surface area is 159 Å². The fourth-order valence-electron chi connectivity index (χ4n) is 1.97. The average Bonchev–Trinajstić information content (AvgIpc) is 3.23. The minimum absolute atomic E-state index is 0.138. The van der Waals surface area contributed by atoms with Crippen molar-refractivity contribution < 1.29 is 9.18 Å². The van der Waals surface area contributed by atoms with Crippen molar-refractivity contribution >= 4 is 50.6 Å². The van der Waals surface area contributed by atoms with Gasteiger partial charge in [0.05, 0.1) is 17.5 Å². The molecule has 1 aromatic carbocycles. The summed E-state index contributed by atoms with van der Waals surface area (Å²) in [4.78, 5) is 13.4. The molecule has 1 N–H and O–H groups in total. The number of carbonyl (C=O) groups is 1. The maximum Gasteiger partial charge on any atom is 0.237 e. The zero-order chi connectivity index (χ0) is 17.8. The molecule has 0 saturated carbocycles. The Kier molecular flexibility index (Phi) is 5.82. The lowest BCUT2D eigenvalue weighted by molar-refractivity contribution is -0.115. The monoisotopic (exact) mass is 441 g/mol. The third-order valence-corrected chi connectivity index (χ3v) is 5.65. The van der Waals surface area contributed by atoms with Crippen LogP contribution in [0.25, 0.3) is 0 Å². The standard InChI is InChI=1S/C15H13BrFN5OS2/c1-9(14(23)18-13-5-4-10(16)7-12(13)17)25-15-19-20-21-22(15)8-11-3-2-6-24-11/h2-7,9H,8H2,1H3,(H,18,23). The number of nitrogens with zero attached hydrogens (tertiary/aromatic N) is 4. The van der Waals surface area contributed by atoms with Crippen LogP contribution in [-0.2, 0) is 11.3 Å². The van der Waals surface area contributed by atoms with Crippen molar-refractivity contribution in [3.63, 3.8) is 0 Å². The number of nitrogens with one attached hydrogen (secondary N) is 1. The van der Waals surface area contributed by atoms with Gasteiger partial charge in [-0.2, -0.15) is 0 Å². The third-order valence-electron chi connectivity index (χ3n) is 3.23. The van der Waals surface area contributed by atoms with Crippen molar-refractivity contribution in [2.24, 2.45) is 0 Å². The van der Waals surface area contributed by atoms with E-state index in [1.807, 2.05) is 17.5 Å². The molecule has 10 heteroatoms. The highest BCUT2D eigenvalue weighted by atomic mass is 79.9. The van der Waals surface area contributed by atoms with Crippen molar-refractivity contribution in [1.82, 2.24) is 20.2 Å². The minimum Gasteiger partial charge on any atom is -0.323 e. The Bertz CT molecular complexity index is 871. The Morgan fingerprint density at radius 2 is 2.32 bits per heavy atom. The number of anilines is 1. The van der Waals surface area contributed by atoms with E-state index in [1.54, 1.807) is 29.0 Å². The normalized spacial score (nSPS) is 12.1. The second kappa shape index (κ2) is 8.07. The summed E-state index contributed by atoms with van der Waals surface area (Å²) in [6, 6.07) is 8.43. The first kappa shape index (κ1) is 18.0. The van der Waals surface area contributed by atoms with Gasteiger partial charge in [0.15, 0.2) is 0 Å². The van der Waals surface area contributed by atoms with E-state index >= 15 is 0 Å². The maximum absolute atomic E-state index is 13.8. The highest BCUT2D eigenvalue weighted by Gasteiger charge is 2.20. The summed E-state index contributed by atoms with van der Waals surface area (Å²) in [5, 5.41) is 16.2. The van der Waals surface area contributed by atoms with Crippen LogP contribution in [-0.4, -0.2) is 31.4 Å². The quantitative estimate of drug-likeness (QED) is 0.588. The molecule has 130 valence electrons. The molecule has 0 aliphatic rings. The molecule has 0 aliphatic heterocycles. The smallest absolute Gasteiger partial charge is 0.237 e. The van der Waals surface area contributed by atoms with Crippen LogP contribution in [0.4, 0.5) is 10.1 Å². The van der Waals surface area contributed by atoms with Crippen LogP contribution in [0.15, 0.2) is 45.3 Å². The van der Waals surface area contributed by atoms with Crippen LogP contribution in [0.5, 0.6) is 0 Å². The molecular formula is C15H13BrFN5OS2. The Morgan fingerprint density at radius 3 is 3.04 bits per heavy atom. The number of rotatable bonds is 6. The van der Waals surface area contributed by atoms with Gasteiger partial charge < -0.3 is 5.32 Å². The summed E-state index contributed by atoms with van der Waals surface area (Å²) in [5.41, 5.74) is 0.138. The fourth-order valence-corrected chi connectivity index (χ4v) is 3.77. The van der Waals surface area contributed by atoms with E-state index in [1.165, 1.54) is 23.9 Å². The third kappa shape index (κ3) is 4.65. The molecule has 0 spiro atoms. The van der Waals surface area contributed by atoms with Gasteiger partial charge in [0.25, 0.3) is 0 Å². The van der Waals surface area contributed by atoms with Gasteiger partial charge in [-0.1, -0.05) is 33.8 Å². The van der Waals surface area contributed by atoms with Gasteiger partial charge in [0, 0.05) is 9.35 Å². The molecule has 0 bridgehead atoms. The van der Waals surface area contributed by atoms with E-state index in [2.05, 4.69) is 36.8 Å². The molecular weight excluding hydrogens is 429 g/mol. The van der Waals surface area contributed by atoms with E-state index in [-0.39, 0.29) is 11.6 Å². The van der Waals surface area contributed by atoms with Crippen LogP contribution < -0.4 is 5.32 Å². The number of aromatic nitrogens is 4. The van der Waals surface area contributed by atoms with E-state index in [4.69, 9.17) is 0 Å². The molecule has 0 radical (unpaired) electrons. The number of thiophene rings is 1. The van der Waals surface area contributed by atoms with Crippen LogP contribution in [0.1, 0.15) is 11.8 Å². The topological polar surface area (TPSA) is 72.7 Å². The molecule has 6 nitrogen and oxygen atoms in total. The molecule has 0 aliphatic carbocycles. The second-order valence-electron chi connectivity index (χ2n) is 5.07. The van der Waals surface area contributed by atoms with E-state index in [9.17, 15) is 9.18 Å². The molecule has 1 atom stereocenters. The van der Waals surface area contributed by atoms with Crippen molar-refractivity contribution in [2.45, 2.75) is 23.9 Å². The predicted molar refractivity (Wildman–Crippen MR) is 99.3 cm³/mol. The zero-order valence-electron chi connectivity index (χ0n) is 13.0. The summed E-state index contributed by atoms with van der Waals surface area (Å²) in [5.74, 6) is -0.820. The van der Waals surface area contributed by atoms with E-state index in [0.29, 0.717) is 16.2 Å². The first-order valence-electron chi connectivity index (χ1n) is 7.24. The number of benzene rings is 1. The maximum atomic E-state index is 13.8. The van der Waals surface area contributed by atoms with Crippen LogP contribution in [0, 0.1) is 5.82 Å². The second-order valence-corrected chi connectivity index (χ2v) is 8.33. The summed E-state index contributed by atoms with van der Waals surface area (Å²) in [7, 11) is 0. The highest BCUT2D eigenvalue weighted by molar-refractivity contribution is 9.10. The van der Waals surface area contributed by atoms with E-state index < -0.39 is 11.1 Å². The predicted octanol–water partition coefficient (Wildman–Crippen LogP) is 3.80. The number of tetrazole rings is 1. The summed E-state index contributed by atoms with van der Waals surface area (Å²) < 4.78 is 16.1. The SMILES string of the molecule is CC(Sc1nnnn1Cc1cccs1)C(=O)Nc1ccc(Br)cc1F. The summed E-state index contributed by atoms with van der Waals surface area (Å²) in [6.45, 7) is 2.27. The van der Waals surface area contributed by atoms with Gasteiger partial charge in [-0.3, -0.25) is 4.79 Å². The molecule has 25 heavy (non-hydrogen) atoms. The fraction of sp³-hybridized carbons (Fsp3) is 0.200. The number of amides is 1. The first-order chi connectivity index (χ1) is 12.0. The molecule has 0 saturated heterocycles. The largest absolute Gasteiger partial charge is 0.323 e. The van der Waals surface area contributed by atoms with E-state index in [0.717, 1.165) is 4.88 Å². The van der Waals surface area contributed by atoms with Crippen molar-refractivity contribution in [2.75, 3.05) is 5.32 Å². The van der Waals surface area contributed by atoms with Crippen LogP contribution in [0.3, 0.4) is 0 Å². The number of hydrogen-bond donors (Lipinski definition) is 1. The number of halogens is 2. The molecule has 2 aromatic heterocycles. The lowest BCUT2D eigenvalue weighted by Gasteiger charge is -2.12. The lowest BCUT2D eigenvalue weighted by atomic mass is 10.3. The molecule has 0 fully saturated rings. The van der Waals surface area contributed by atoms with Crippen LogP contribution >= 0.6 is 39.0 Å². The van der Waals surface area contributed by atoms with Crippen molar-refractivity contribution in [3.05, 3.63) is 50.9 Å². The Hall–Kier alpha value is -1.78. The molecule has 3 aromatic rings. The van der Waals surface area contributed by atoms with Gasteiger partial charge in [0.2, 0.25) is 11.1 Å². The molecule has 2 heterocycles. The Morgan fingerprint density at radius 1 is 1.48 bits per heavy atom. The number of thioether (sulfide) groups is 1. The van der Waals surface area contributed by atoms with Gasteiger partial charge in [-0.25, -0.2) is 9.07 Å². The van der Waals surface area contributed by atoms with Crippen molar-refractivity contribution in [1.29, 1.82) is 0 Å². The number of hydrogen-bond acceptors (Lipinski definition) is 6. The summed E-state index contributed by atoms with van der Waals surface area (Å²) in [6.07, 6.45) is 0. The highest BCUT2D eigenvalue weighted by Crippen LogP contribution is 2.24. The lowest BCUT2D eigenvalue weighted by Crippen LogP contribution is -2.23. The Balaban J connectivity index is 1.65. The first-order valence-corrected chi connectivity index (χ1v) is 9.79. The minimum atomic E-state index is -0.498. The average molecular weight is 442 g/mol. The van der Waals surface area contributed by atoms with Gasteiger partial charge in [-0.15, -0.1) is 16.4 Å². The molecule has 1 amide bonds. The van der Waals surface area contributed by atoms with Crippen molar-refractivity contribution in [3.8, 4) is 0 Å². The zero-order valence-corrected chi connectivity index (χ0v) is 16.2. The van der Waals surface area contributed by atoms with Gasteiger partial charge >= 0.3 is 0 Å². The molecule has 3 rings (SSSR count). The van der Waals surface area contributed by atoms with Gasteiger partial charge in [-0.05, 0) is 47.0 Å². The van der Waals surface area contributed by atoms with Crippen LogP contribution in [0.2, 0.25) is 0 Å². The summed E-state index contributed by atoms with van der Waals surface area (Å²) >= 11 is 6.01. The number of carbonyl (C=O) groups excluding carboxylic acids is 1. The molecule has 1 unspecified atom stereocenters.